The number of rotatable bonds is 4. The summed E-state index contributed by atoms with van der Waals surface area (Å²) in [4.78, 5) is 23.1. The highest BCUT2D eigenvalue weighted by molar-refractivity contribution is 5.75. The molecule has 38 heavy (non-hydrogen) atoms. The van der Waals surface area contributed by atoms with Gasteiger partial charge in [0.05, 0.1) is 27.5 Å². The third-order valence-corrected chi connectivity index (χ3v) is 5.97. The van der Waals surface area contributed by atoms with E-state index in [9.17, 15) is 13.6 Å². The van der Waals surface area contributed by atoms with E-state index in [2.05, 4.69) is 21.8 Å². The lowest BCUT2D eigenvalue weighted by atomic mass is 10.1. The number of carbonyl (C=O) groups excluding carboxylic acids is 1. The first-order valence-corrected chi connectivity index (χ1v) is 11.8. The molecule has 1 atom stereocenters. The van der Waals surface area contributed by atoms with Gasteiger partial charge in [-0.1, -0.05) is 5.92 Å². The molecule has 0 aliphatic carbocycles. The highest BCUT2D eigenvalue weighted by Gasteiger charge is 2.34. The number of likely N-dealkylation sites (tertiary alicyclic amines) is 1. The summed E-state index contributed by atoms with van der Waals surface area (Å²) in [6.45, 7) is 6.20. The zero-order valence-corrected chi connectivity index (χ0v) is 22.0. The fourth-order valence-corrected chi connectivity index (χ4v) is 4.23. The number of hydrogen-bond donors (Lipinski definition) is 1. The van der Waals surface area contributed by atoms with E-state index in [1.54, 1.807) is 30.1 Å². The van der Waals surface area contributed by atoms with Gasteiger partial charge in [-0.2, -0.15) is 0 Å². The van der Waals surface area contributed by atoms with Crippen molar-refractivity contribution in [1.82, 2.24) is 19.3 Å². The van der Waals surface area contributed by atoms with Gasteiger partial charge in [-0.05, 0) is 33.1 Å². The van der Waals surface area contributed by atoms with Crippen molar-refractivity contribution < 1.29 is 32.5 Å². The summed E-state index contributed by atoms with van der Waals surface area (Å²) in [6.07, 6.45) is 1.61. The number of nitrogens with two attached hydrogens (primary N) is 1. The number of benzene rings is 1. The molecule has 2 N–H and O–H groups in total. The fraction of sp³-hybridized carbons (Fsp3) is 0.423. The van der Waals surface area contributed by atoms with Crippen LogP contribution < -0.4 is 19.9 Å². The molecular formula is C26H29F2N5O5. The van der Waals surface area contributed by atoms with Crippen molar-refractivity contribution in [2.45, 2.75) is 38.7 Å². The quantitative estimate of drug-likeness (QED) is 0.509. The summed E-state index contributed by atoms with van der Waals surface area (Å²) in [6, 6.07) is 1.10. The van der Waals surface area contributed by atoms with E-state index >= 15 is 0 Å². The van der Waals surface area contributed by atoms with E-state index in [-0.39, 0.29) is 28.9 Å². The summed E-state index contributed by atoms with van der Waals surface area (Å²) in [5.74, 6) is 3.58. The predicted octanol–water partition coefficient (Wildman–Crippen LogP) is 3.74. The number of halogens is 2. The number of imidazole rings is 1. The summed E-state index contributed by atoms with van der Waals surface area (Å²) in [7, 11) is 3.97. The topological polar surface area (TPSA) is 113 Å². The molecule has 1 aromatic carbocycles. The number of amides is 1. The van der Waals surface area contributed by atoms with Gasteiger partial charge < -0.3 is 29.6 Å². The third kappa shape index (κ3) is 4.96. The first-order valence-electron chi connectivity index (χ1n) is 11.8. The number of carbonyl (C=O) groups is 1. The Bertz CT molecular complexity index is 1430. The summed E-state index contributed by atoms with van der Waals surface area (Å²) < 4.78 is 52.4. The molecule has 0 radical (unpaired) electrons. The first kappa shape index (κ1) is 26.8. The molecule has 3 aromatic rings. The normalized spacial score (nSPS) is 15.3. The van der Waals surface area contributed by atoms with Gasteiger partial charge in [-0.3, -0.25) is 4.40 Å². The molecule has 12 heteroatoms. The van der Waals surface area contributed by atoms with Crippen molar-refractivity contribution in [1.29, 1.82) is 0 Å². The van der Waals surface area contributed by atoms with Crippen LogP contribution in [0.2, 0.25) is 0 Å². The third-order valence-electron chi connectivity index (χ3n) is 5.97. The smallest absolute Gasteiger partial charge is 0.410 e. The van der Waals surface area contributed by atoms with Gasteiger partial charge in [0.25, 0.3) is 0 Å². The zero-order valence-electron chi connectivity index (χ0n) is 22.0. The van der Waals surface area contributed by atoms with Gasteiger partial charge in [-0.25, -0.2) is 23.5 Å². The molecule has 0 spiro atoms. The molecule has 1 fully saturated rings. The Hall–Kier alpha value is -4.27. The van der Waals surface area contributed by atoms with E-state index < -0.39 is 28.9 Å². The Morgan fingerprint density at radius 2 is 1.76 bits per heavy atom. The lowest BCUT2D eigenvalue weighted by Gasteiger charge is -2.24. The van der Waals surface area contributed by atoms with Gasteiger partial charge in [0.2, 0.25) is 5.88 Å². The van der Waals surface area contributed by atoms with Crippen LogP contribution in [-0.2, 0) is 4.74 Å². The van der Waals surface area contributed by atoms with Crippen LogP contribution in [0.3, 0.4) is 0 Å². The maximum absolute atomic E-state index is 14.9. The van der Waals surface area contributed by atoms with Crippen LogP contribution in [0.5, 0.6) is 17.4 Å². The highest BCUT2D eigenvalue weighted by atomic mass is 19.1. The number of hydrogen-bond acceptors (Lipinski definition) is 8. The molecule has 1 aliphatic rings. The van der Waals surface area contributed by atoms with Crippen molar-refractivity contribution in [3.63, 3.8) is 0 Å². The molecule has 4 rings (SSSR count). The average Bonchev–Trinajstić information content (AvgIpc) is 3.49. The van der Waals surface area contributed by atoms with Crippen molar-refractivity contribution in [2.24, 2.45) is 0 Å². The Kier molecular flexibility index (Phi) is 7.22. The minimum Gasteiger partial charge on any atom is -0.493 e. The van der Waals surface area contributed by atoms with E-state index in [1.165, 1.54) is 27.5 Å². The summed E-state index contributed by atoms with van der Waals surface area (Å²) >= 11 is 0. The van der Waals surface area contributed by atoms with Crippen molar-refractivity contribution in [2.75, 3.05) is 40.2 Å². The molecule has 3 heterocycles. The summed E-state index contributed by atoms with van der Waals surface area (Å²) in [5, 5.41) is 0. The molecule has 0 bridgehead atoms. The number of nitrogens with zero attached hydrogens (tertiary/aromatic N) is 4. The molecule has 10 nitrogen and oxygen atoms in total. The van der Waals surface area contributed by atoms with Crippen LogP contribution in [0.15, 0.2) is 12.3 Å². The lowest BCUT2D eigenvalue weighted by molar-refractivity contribution is 0.0292. The maximum Gasteiger partial charge on any atom is 0.410 e. The van der Waals surface area contributed by atoms with Crippen LogP contribution in [0.25, 0.3) is 5.52 Å². The van der Waals surface area contributed by atoms with E-state index in [0.717, 1.165) is 6.07 Å². The van der Waals surface area contributed by atoms with Crippen LogP contribution in [0.4, 0.5) is 19.4 Å². The van der Waals surface area contributed by atoms with Gasteiger partial charge in [-0.15, -0.1) is 0 Å². The molecule has 0 unspecified atom stereocenters. The molecule has 1 aliphatic heterocycles. The second-order valence-electron chi connectivity index (χ2n) is 9.63. The van der Waals surface area contributed by atoms with Crippen LogP contribution in [0.1, 0.15) is 50.2 Å². The maximum atomic E-state index is 14.9. The number of fused-ring (bicyclic) bond motifs is 1. The van der Waals surface area contributed by atoms with E-state index in [4.69, 9.17) is 24.7 Å². The number of anilines is 1. The minimum absolute atomic E-state index is 0.0972. The lowest BCUT2D eigenvalue weighted by Crippen LogP contribution is -2.35. The number of ether oxygens (including phenoxy) is 4. The zero-order chi connectivity index (χ0) is 27.8. The standard InChI is InChI=1S/C26H29F2N5O5/c1-26(2,3)38-25(34)32-10-9-14(13-32)24-31-16(22-23(29)30-12-19(37-6)33(22)24)8-7-15-20(27)17(35-4)11-18(36-5)21(15)28/h11-12,14H,9-10,13H2,1-6H3,(H2,29,30)/t14-/m0/s1. The second kappa shape index (κ2) is 10.2. The number of nitrogen functional groups attached to an aromatic ring is 1. The second-order valence-corrected chi connectivity index (χ2v) is 9.63. The van der Waals surface area contributed by atoms with E-state index in [1.807, 2.05) is 0 Å². The Balaban J connectivity index is 1.81. The molecule has 1 amide bonds. The van der Waals surface area contributed by atoms with E-state index in [0.29, 0.717) is 36.7 Å². The van der Waals surface area contributed by atoms with Crippen molar-refractivity contribution in [3.05, 3.63) is 41.0 Å². The van der Waals surface area contributed by atoms with Crippen LogP contribution in [-0.4, -0.2) is 65.4 Å². The molecule has 202 valence electrons. The Morgan fingerprint density at radius 3 is 2.34 bits per heavy atom. The molecule has 1 saturated heterocycles. The predicted molar refractivity (Wildman–Crippen MR) is 135 cm³/mol. The average molecular weight is 530 g/mol. The Morgan fingerprint density at radius 1 is 1.11 bits per heavy atom. The van der Waals surface area contributed by atoms with Crippen molar-refractivity contribution >= 4 is 17.4 Å². The van der Waals surface area contributed by atoms with Gasteiger partial charge in [0.1, 0.15) is 28.2 Å². The van der Waals surface area contributed by atoms with Gasteiger partial charge in [0, 0.05) is 25.1 Å². The molecule has 0 saturated carbocycles. The monoisotopic (exact) mass is 529 g/mol. The van der Waals surface area contributed by atoms with Crippen LogP contribution in [0, 0.1) is 23.5 Å². The molecular weight excluding hydrogens is 500 g/mol. The fourth-order valence-electron chi connectivity index (χ4n) is 4.23. The highest BCUT2D eigenvalue weighted by Crippen LogP contribution is 2.34. The summed E-state index contributed by atoms with van der Waals surface area (Å²) in [5.41, 5.74) is 5.47. The molecule has 2 aromatic heterocycles. The Labute approximate surface area is 218 Å². The SMILES string of the molecule is COc1cc(OC)c(F)c(C#Cc2nc([C@H]3CCN(C(=O)OC(C)(C)C)C3)n3c(OC)cnc(N)c23)c1F. The van der Waals surface area contributed by atoms with Gasteiger partial charge >= 0.3 is 6.09 Å². The largest absolute Gasteiger partial charge is 0.493 e. The number of aromatic nitrogens is 3. The van der Waals surface area contributed by atoms with Gasteiger partial charge in [0.15, 0.2) is 29.0 Å². The number of methoxy groups -OCH3 is 3. The first-order chi connectivity index (χ1) is 18.0. The minimum atomic E-state index is -0.977. The van der Waals surface area contributed by atoms with Crippen LogP contribution >= 0.6 is 0 Å². The van der Waals surface area contributed by atoms with Crippen molar-refractivity contribution in [3.8, 4) is 29.2 Å².